The van der Waals surface area contributed by atoms with Crippen molar-refractivity contribution in [3.63, 3.8) is 0 Å². The molecule has 5 nitrogen and oxygen atoms in total. The number of hydrogen-bond donors (Lipinski definition) is 3. The molecule has 5 heteroatoms. The third-order valence-corrected chi connectivity index (χ3v) is 2.03. The predicted molar refractivity (Wildman–Crippen MR) is 40.7 cm³/mol. The zero-order chi connectivity index (χ0) is 8.55. The molecule has 0 saturated heterocycles. The maximum absolute atomic E-state index is 10.7. The van der Waals surface area contributed by atoms with Crippen LogP contribution in [-0.4, -0.2) is 27.8 Å². The summed E-state index contributed by atoms with van der Waals surface area (Å²) >= 11 is 0. The summed E-state index contributed by atoms with van der Waals surface area (Å²) in [4.78, 5) is 10.7. The molecule has 64 valence electrons. The van der Waals surface area contributed by atoms with Crippen LogP contribution in [0.4, 0.5) is 0 Å². The number of aromatic nitrogens is 2. The number of carbonyl (C=O) groups is 1. The average molecular weight is 167 g/mol. The molecule has 0 bridgehead atoms. The molecule has 3 N–H and O–H groups in total. The van der Waals surface area contributed by atoms with Crippen LogP contribution in [0.1, 0.15) is 17.3 Å². The third kappa shape index (κ3) is 0.984. The highest BCUT2D eigenvalue weighted by Gasteiger charge is 2.26. The fourth-order valence-electron chi connectivity index (χ4n) is 1.44. The van der Waals surface area contributed by atoms with Crippen molar-refractivity contribution >= 4 is 5.97 Å². The van der Waals surface area contributed by atoms with Crippen LogP contribution in [0.15, 0.2) is 6.20 Å². The Balaban J connectivity index is 2.37. The van der Waals surface area contributed by atoms with Gasteiger partial charge in [0.15, 0.2) is 0 Å². The quantitative estimate of drug-likeness (QED) is 0.535. The second kappa shape index (κ2) is 2.60. The summed E-state index contributed by atoms with van der Waals surface area (Å²) in [5.41, 5.74) is 1.69. The molecule has 0 spiro atoms. The van der Waals surface area contributed by atoms with E-state index in [0.717, 1.165) is 17.7 Å². The van der Waals surface area contributed by atoms with Gasteiger partial charge in [-0.25, -0.2) is 0 Å². The molecule has 1 unspecified atom stereocenters. The van der Waals surface area contributed by atoms with Gasteiger partial charge in [0.1, 0.15) is 6.04 Å². The summed E-state index contributed by atoms with van der Waals surface area (Å²) in [5.74, 6) is -0.850. The largest absolute Gasteiger partial charge is 0.480 e. The first-order valence-electron chi connectivity index (χ1n) is 3.77. The second-order valence-corrected chi connectivity index (χ2v) is 2.78. The Morgan fingerprint density at radius 1 is 1.75 bits per heavy atom. The fraction of sp³-hybridized carbons (Fsp3) is 0.429. The van der Waals surface area contributed by atoms with E-state index in [-0.39, 0.29) is 0 Å². The molecule has 0 fully saturated rings. The van der Waals surface area contributed by atoms with Gasteiger partial charge >= 0.3 is 5.97 Å². The first-order valence-corrected chi connectivity index (χ1v) is 3.77. The van der Waals surface area contributed by atoms with Gasteiger partial charge in [-0.2, -0.15) is 5.10 Å². The van der Waals surface area contributed by atoms with E-state index in [1.54, 1.807) is 6.20 Å². The molecule has 0 radical (unpaired) electrons. The van der Waals surface area contributed by atoms with Crippen LogP contribution in [0.25, 0.3) is 0 Å². The van der Waals surface area contributed by atoms with Crippen LogP contribution in [0.3, 0.4) is 0 Å². The van der Waals surface area contributed by atoms with E-state index in [9.17, 15) is 4.79 Å². The van der Waals surface area contributed by atoms with Crippen molar-refractivity contribution in [2.45, 2.75) is 12.5 Å². The Bertz CT molecular complexity index is 307. The number of nitrogens with one attached hydrogen (secondary N) is 2. The maximum atomic E-state index is 10.7. The lowest BCUT2D eigenvalue weighted by atomic mass is 10.0. The van der Waals surface area contributed by atoms with Crippen LogP contribution < -0.4 is 5.32 Å². The number of carboxylic acids is 1. The first-order chi connectivity index (χ1) is 5.79. The van der Waals surface area contributed by atoms with Crippen LogP contribution in [0.2, 0.25) is 0 Å². The monoisotopic (exact) mass is 167 g/mol. The van der Waals surface area contributed by atoms with Crippen molar-refractivity contribution in [2.24, 2.45) is 0 Å². The van der Waals surface area contributed by atoms with Gasteiger partial charge < -0.3 is 10.4 Å². The third-order valence-electron chi connectivity index (χ3n) is 2.03. The van der Waals surface area contributed by atoms with E-state index < -0.39 is 12.0 Å². The standard InChI is InChI=1S/C7H9N3O2/c11-7(12)6-4-3-9-10-5(4)1-2-8-6/h3,6,8H,1-2H2,(H,9,10)(H,11,12). The molecular weight excluding hydrogens is 158 g/mol. The Labute approximate surface area is 68.8 Å². The summed E-state index contributed by atoms with van der Waals surface area (Å²) in [5, 5.41) is 18.3. The Hall–Kier alpha value is -1.36. The van der Waals surface area contributed by atoms with Gasteiger partial charge in [-0.15, -0.1) is 0 Å². The minimum atomic E-state index is -0.850. The van der Waals surface area contributed by atoms with Crippen LogP contribution >= 0.6 is 0 Å². The number of aromatic amines is 1. The molecule has 0 saturated carbocycles. The van der Waals surface area contributed by atoms with Crippen molar-refractivity contribution in [1.29, 1.82) is 0 Å². The van der Waals surface area contributed by atoms with Crippen molar-refractivity contribution in [3.05, 3.63) is 17.5 Å². The van der Waals surface area contributed by atoms with Gasteiger partial charge in [0.2, 0.25) is 0 Å². The number of aliphatic carboxylic acids is 1. The van der Waals surface area contributed by atoms with E-state index >= 15 is 0 Å². The summed E-state index contributed by atoms with van der Waals surface area (Å²) in [6.45, 7) is 0.687. The summed E-state index contributed by atoms with van der Waals surface area (Å²) in [6, 6.07) is -0.590. The highest BCUT2D eigenvalue weighted by molar-refractivity contribution is 5.76. The summed E-state index contributed by atoms with van der Waals surface area (Å²) < 4.78 is 0. The summed E-state index contributed by atoms with van der Waals surface area (Å²) in [7, 11) is 0. The van der Waals surface area contributed by atoms with Crippen LogP contribution in [0, 0.1) is 0 Å². The van der Waals surface area contributed by atoms with Gasteiger partial charge in [-0.3, -0.25) is 9.89 Å². The number of nitrogens with zero attached hydrogens (tertiary/aromatic N) is 1. The number of rotatable bonds is 1. The molecule has 2 heterocycles. The Morgan fingerprint density at radius 2 is 2.58 bits per heavy atom. The van der Waals surface area contributed by atoms with E-state index in [0.29, 0.717) is 6.54 Å². The summed E-state index contributed by atoms with van der Waals surface area (Å²) in [6.07, 6.45) is 2.39. The van der Waals surface area contributed by atoms with Gasteiger partial charge in [-0.1, -0.05) is 0 Å². The minimum Gasteiger partial charge on any atom is -0.480 e. The lowest BCUT2D eigenvalue weighted by molar-refractivity contribution is -0.139. The van der Waals surface area contributed by atoms with E-state index in [2.05, 4.69) is 15.5 Å². The maximum Gasteiger partial charge on any atom is 0.325 e. The fourth-order valence-corrected chi connectivity index (χ4v) is 1.44. The molecule has 1 aromatic rings. The molecule has 1 atom stereocenters. The topological polar surface area (TPSA) is 78.0 Å². The number of fused-ring (bicyclic) bond motifs is 1. The van der Waals surface area contributed by atoms with Crippen molar-refractivity contribution in [2.75, 3.05) is 6.54 Å². The van der Waals surface area contributed by atoms with Gasteiger partial charge in [0, 0.05) is 24.2 Å². The normalized spacial score (nSPS) is 21.8. The smallest absolute Gasteiger partial charge is 0.325 e. The van der Waals surface area contributed by atoms with Gasteiger partial charge in [0.25, 0.3) is 0 Å². The lowest BCUT2D eigenvalue weighted by Gasteiger charge is -2.19. The van der Waals surface area contributed by atoms with Gasteiger partial charge in [-0.05, 0) is 0 Å². The molecule has 0 aromatic carbocycles. The average Bonchev–Trinajstić information content (AvgIpc) is 2.49. The number of H-pyrrole nitrogens is 1. The minimum absolute atomic E-state index is 0.590. The lowest BCUT2D eigenvalue weighted by Crippen LogP contribution is -2.34. The van der Waals surface area contributed by atoms with Crippen LogP contribution in [-0.2, 0) is 11.2 Å². The SMILES string of the molecule is O=C(O)C1NCCc2[nH]ncc21. The second-order valence-electron chi connectivity index (χ2n) is 2.78. The van der Waals surface area contributed by atoms with E-state index in [1.807, 2.05) is 0 Å². The molecule has 1 aliphatic heterocycles. The Morgan fingerprint density at radius 3 is 3.33 bits per heavy atom. The molecule has 12 heavy (non-hydrogen) atoms. The van der Waals surface area contributed by atoms with Crippen molar-refractivity contribution < 1.29 is 9.90 Å². The Kier molecular flexibility index (Phi) is 1.58. The molecule has 1 aliphatic rings. The highest BCUT2D eigenvalue weighted by atomic mass is 16.4. The molecule has 0 amide bonds. The van der Waals surface area contributed by atoms with E-state index in [4.69, 9.17) is 5.11 Å². The van der Waals surface area contributed by atoms with Gasteiger partial charge in [0.05, 0.1) is 6.20 Å². The molecular formula is C7H9N3O2. The highest BCUT2D eigenvalue weighted by Crippen LogP contribution is 2.20. The molecule has 2 rings (SSSR count). The molecule has 1 aromatic heterocycles. The van der Waals surface area contributed by atoms with Crippen molar-refractivity contribution in [1.82, 2.24) is 15.5 Å². The first kappa shape index (κ1) is 7.30. The molecule has 0 aliphatic carbocycles. The zero-order valence-electron chi connectivity index (χ0n) is 6.37. The number of hydrogen-bond acceptors (Lipinski definition) is 3. The van der Waals surface area contributed by atoms with Crippen molar-refractivity contribution in [3.8, 4) is 0 Å². The van der Waals surface area contributed by atoms with Crippen LogP contribution in [0.5, 0.6) is 0 Å². The van der Waals surface area contributed by atoms with E-state index in [1.165, 1.54) is 0 Å². The number of carboxylic acid groups (broad SMARTS) is 1. The predicted octanol–water partition coefficient (Wildman–Crippen LogP) is -0.319. The zero-order valence-corrected chi connectivity index (χ0v) is 6.37.